The molecule has 184 valence electrons. The van der Waals surface area contributed by atoms with Crippen LogP contribution in [0.2, 0.25) is 0 Å². The Morgan fingerprint density at radius 1 is 0.906 bits per heavy atom. The number of carbonyl (C=O) groups excluding carboxylic acids is 3. The molecule has 0 saturated carbocycles. The maximum atomic E-state index is 12.5. The highest BCUT2D eigenvalue weighted by molar-refractivity contribution is 7.98. The van der Waals surface area contributed by atoms with E-state index >= 15 is 0 Å². The summed E-state index contributed by atoms with van der Waals surface area (Å²) in [5.74, 6) is -3.45. The van der Waals surface area contributed by atoms with Gasteiger partial charge in [-0.15, -0.1) is 0 Å². The maximum absolute atomic E-state index is 12.5. The molecule has 4 unspecified atom stereocenters. The number of amides is 3. The van der Waals surface area contributed by atoms with Crippen LogP contribution in [0.15, 0.2) is 4.99 Å². The van der Waals surface area contributed by atoms with Gasteiger partial charge in [-0.3, -0.25) is 19.4 Å². The van der Waals surface area contributed by atoms with Gasteiger partial charge in [-0.05, 0) is 31.3 Å². The monoisotopic (exact) mass is 479 g/mol. The van der Waals surface area contributed by atoms with Crippen molar-refractivity contribution in [1.82, 2.24) is 16.0 Å². The van der Waals surface area contributed by atoms with E-state index in [-0.39, 0.29) is 25.3 Å². The molecule has 0 aromatic carbocycles. The lowest BCUT2D eigenvalue weighted by Crippen LogP contribution is -2.58. The number of aliphatic carboxylic acids is 1. The van der Waals surface area contributed by atoms with Gasteiger partial charge < -0.3 is 48.5 Å². The van der Waals surface area contributed by atoms with Crippen LogP contribution < -0.4 is 33.2 Å². The van der Waals surface area contributed by atoms with Crippen molar-refractivity contribution < 1.29 is 34.5 Å². The van der Waals surface area contributed by atoms with Crippen molar-refractivity contribution in [1.29, 1.82) is 0 Å². The third kappa shape index (κ3) is 11.7. The number of nitrogens with two attached hydrogens (primary N) is 3. The van der Waals surface area contributed by atoms with Crippen LogP contribution in [-0.4, -0.2) is 101 Å². The Bertz CT molecular complexity index is 661. The third-order valence-electron chi connectivity index (χ3n) is 4.16. The Hall–Kier alpha value is -2.62. The van der Waals surface area contributed by atoms with Crippen LogP contribution in [0.5, 0.6) is 0 Å². The number of carboxylic acid groups (broad SMARTS) is 1. The molecular weight excluding hydrogens is 446 g/mol. The van der Waals surface area contributed by atoms with Gasteiger partial charge in [-0.2, -0.15) is 11.8 Å². The second-order valence-electron chi connectivity index (χ2n) is 6.72. The molecule has 15 heteroatoms. The first-order valence-electron chi connectivity index (χ1n) is 9.72. The van der Waals surface area contributed by atoms with E-state index in [1.165, 1.54) is 11.8 Å². The smallest absolute Gasteiger partial charge is 0.328 e. The summed E-state index contributed by atoms with van der Waals surface area (Å²) in [7, 11) is 0. The lowest BCUT2D eigenvalue weighted by Gasteiger charge is -2.24. The molecule has 0 aromatic rings. The number of nitrogens with one attached hydrogen (secondary N) is 3. The van der Waals surface area contributed by atoms with Crippen molar-refractivity contribution in [3.8, 4) is 0 Å². The van der Waals surface area contributed by atoms with Crippen LogP contribution in [0.3, 0.4) is 0 Å². The largest absolute Gasteiger partial charge is 0.480 e. The zero-order chi connectivity index (χ0) is 24.7. The summed E-state index contributed by atoms with van der Waals surface area (Å²) in [5, 5.41) is 34.3. The first-order valence-corrected chi connectivity index (χ1v) is 11.1. The second kappa shape index (κ2) is 16.1. The molecule has 4 atom stereocenters. The number of guanidine groups is 1. The molecule has 0 radical (unpaired) electrons. The summed E-state index contributed by atoms with van der Waals surface area (Å²) < 4.78 is 0. The van der Waals surface area contributed by atoms with E-state index in [4.69, 9.17) is 27.4 Å². The fourth-order valence-corrected chi connectivity index (χ4v) is 2.83. The van der Waals surface area contributed by atoms with Gasteiger partial charge in [0.15, 0.2) is 5.96 Å². The standard InChI is InChI=1S/C17H33N7O7S/c1-32-6-4-10(14(28)24-12(8-26)16(30)31)22-15(29)11(7-25)23-13(27)9(18)3-2-5-21-17(19)20/h9-12,25-26H,2-8,18H2,1H3,(H,22,29)(H,23,27)(H,24,28)(H,30,31)(H4,19,20,21). The zero-order valence-corrected chi connectivity index (χ0v) is 18.6. The van der Waals surface area contributed by atoms with Gasteiger partial charge in [0, 0.05) is 6.54 Å². The molecule has 0 aliphatic heterocycles. The van der Waals surface area contributed by atoms with Gasteiger partial charge in [-0.1, -0.05) is 0 Å². The molecule has 3 amide bonds. The normalized spacial score (nSPS) is 14.4. The van der Waals surface area contributed by atoms with E-state index in [0.29, 0.717) is 12.2 Å². The minimum absolute atomic E-state index is 0.0891. The van der Waals surface area contributed by atoms with Gasteiger partial charge >= 0.3 is 5.97 Å². The summed E-state index contributed by atoms with van der Waals surface area (Å²) in [6.07, 6.45) is 2.55. The number of carboxylic acids is 1. The van der Waals surface area contributed by atoms with E-state index in [9.17, 15) is 24.3 Å². The Morgan fingerprint density at radius 3 is 1.94 bits per heavy atom. The molecule has 0 aliphatic rings. The van der Waals surface area contributed by atoms with Crippen LogP contribution in [0.1, 0.15) is 19.3 Å². The van der Waals surface area contributed by atoms with Crippen molar-refractivity contribution >= 4 is 41.4 Å². The lowest BCUT2D eigenvalue weighted by molar-refractivity contribution is -0.143. The molecule has 0 spiro atoms. The van der Waals surface area contributed by atoms with Gasteiger partial charge in [0.2, 0.25) is 17.7 Å². The molecular formula is C17H33N7O7S. The fourth-order valence-electron chi connectivity index (χ4n) is 2.36. The topological polar surface area (TPSA) is 255 Å². The van der Waals surface area contributed by atoms with Crippen molar-refractivity contribution in [3.05, 3.63) is 0 Å². The molecule has 0 aromatic heterocycles. The summed E-state index contributed by atoms with van der Waals surface area (Å²) in [6, 6.07) is -5.06. The van der Waals surface area contributed by atoms with Crippen molar-refractivity contribution in [3.63, 3.8) is 0 Å². The minimum atomic E-state index is -1.54. The van der Waals surface area contributed by atoms with Crippen LogP contribution in [-0.2, 0) is 19.2 Å². The molecule has 12 N–H and O–H groups in total. The van der Waals surface area contributed by atoms with E-state index < -0.39 is 61.1 Å². The summed E-state index contributed by atoms with van der Waals surface area (Å²) in [5.41, 5.74) is 16.2. The minimum Gasteiger partial charge on any atom is -0.480 e. The Kier molecular flexibility index (Phi) is 14.8. The highest BCUT2D eigenvalue weighted by atomic mass is 32.2. The zero-order valence-electron chi connectivity index (χ0n) is 17.8. The molecule has 0 heterocycles. The summed E-state index contributed by atoms with van der Waals surface area (Å²) in [4.78, 5) is 51.9. The van der Waals surface area contributed by atoms with E-state index in [1.54, 1.807) is 6.26 Å². The molecule has 0 fully saturated rings. The van der Waals surface area contributed by atoms with Crippen molar-refractivity contribution in [2.24, 2.45) is 22.2 Å². The number of carbonyl (C=O) groups is 4. The Balaban J connectivity index is 4.99. The summed E-state index contributed by atoms with van der Waals surface area (Å²) in [6.45, 7) is -1.32. The molecule has 32 heavy (non-hydrogen) atoms. The number of aliphatic hydroxyl groups excluding tert-OH is 2. The SMILES string of the molecule is CSCCC(NC(=O)C(CO)NC(=O)C(N)CCCN=C(N)N)C(=O)NC(CO)C(=O)O. The van der Waals surface area contributed by atoms with Gasteiger partial charge in [0.05, 0.1) is 19.3 Å². The van der Waals surface area contributed by atoms with Gasteiger partial charge in [-0.25, -0.2) is 4.79 Å². The number of hydrogen-bond acceptors (Lipinski definition) is 9. The first-order chi connectivity index (χ1) is 15.1. The third-order valence-corrected chi connectivity index (χ3v) is 4.80. The second-order valence-corrected chi connectivity index (χ2v) is 7.71. The summed E-state index contributed by atoms with van der Waals surface area (Å²) >= 11 is 1.39. The number of nitrogens with zero attached hydrogens (tertiary/aromatic N) is 1. The van der Waals surface area contributed by atoms with Gasteiger partial charge in [0.1, 0.15) is 18.1 Å². The van der Waals surface area contributed by atoms with Gasteiger partial charge in [0.25, 0.3) is 0 Å². The number of thioether (sulfide) groups is 1. The van der Waals surface area contributed by atoms with Crippen LogP contribution in [0, 0.1) is 0 Å². The van der Waals surface area contributed by atoms with Crippen LogP contribution >= 0.6 is 11.8 Å². The first kappa shape index (κ1) is 29.4. The van der Waals surface area contributed by atoms with Crippen LogP contribution in [0.25, 0.3) is 0 Å². The van der Waals surface area contributed by atoms with Crippen LogP contribution in [0.4, 0.5) is 0 Å². The number of hydrogen-bond donors (Lipinski definition) is 9. The number of rotatable bonds is 16. The predicted molar refractivity (Wildman–Crippen MR) is 118 cm³/mol. The predicted octanol–water partition coefficient (Wildman–Crippen LogP) is -4.36. The highest BCUT2D eigenvalue weighted by Gasteiger charge is 2.29. The fraction of sp³-hybridized carbons (Fsp3) is 0.706. The van der Waals surface area contributed by atoms with E-state index in [0.717, 1.165) is 0 Å². The highest BCUT2D eigenvalue weighted by Crippen LogP contribution is 2.03. The maximum Gasteiger partial charge on any atom is 0.328 e. The average molecular weight is 480 g/mol. The van der Waals surface area contributed by atoms with Crippen molar-refractivity contribution in [2.45, 2.75) is 43.4 Å². The van der Waals surface area contributed by atoms with Crippen molar-refractivity contribution in [2.75, 3.05) is 31.8 Å². The molecule has 0 saturated heterocycles. The number of aliphatic hydroxyl groups is 2. The quantitative estimate of drug-likeness (QED) is 0.0580. The average Bonchev–Trinajstić information content (AvgIpc) is 2.74. The Morgan fingerprint density at radius 2 is 1.44 bits per heavy atom. The molecule has 0 rings (SSSR count). The molecule has 14 nitrogen and oxygen atoms in total. The van der Waals surface area contributed by atoms with E-state index in [1.807, 2.05) is 0 Å². The molecule has 0 aliphatic carbocycles. The Labute approximate surface area is 189 Å². The molecule has 0 bridgehead atoms. The lowest BCUT2D eigenvalue weighted by atomic mass is 10.1. The number of aliphatic imine (C=N–C) groups is 1. The van der Waals surface area contributed by atoms with E-state index in [2.05, 4.69) is 20.9 Å².